The molecule has 19 heavy (non-hydrogen) atoms. The maximum absolute atomic E-state index is 11.1. The summed E-state index contributed by atoms with van der Waals surface area (Å²) in [5.74, 6) is -0.538. The SMILES string of the molecule is CCNCc1cccnc1N(CC(N)=O)CC(N)=O. The van der Waals surface area contributed by atoms with Gasteiger partial charge in [-0.2, -0.15) is 0 Å². The second-order valence-corrected chi connectivity index (χ2v) is 4.06. The Labute approximate surface area is 112 Å². The van der Waals surface area contributed by atoms with Gasteiger partial charge in [-0.25, -0.2) is 4.98 Å². The summed E-state index contributed by atoms with van der Waals surface area (Å²) in [6.45, 7) is 3.19. The number of amides is 2. The van der Waals surface area contributed by atoms with Crippen LogP contribution in [0.25, 0.3) is 0 Å². The minimum atomic E-state index is -0.540. The third kappa shape index (κ3) is 4.92. The Balaban J connectivity index is 2.98. The molecular formula is C12H19N5O2. The number of pyridine rings is 1. The predicted molar refractivity (Wildman–Crippen MR) is 72.2 cm³/mol. The van der Waals surface area contributed by atoms with E-state index >= 15 is 0 Å². The Bertz CT molecular complexity index is 434. The van der Waals surface area contributed by atoms with Crippen molar-refractivity contribution < 1.29 is 9.59 Å². The van der Waals surface area contributed by atoms with Crippen molar-refractivity contribution in [1.29, 1.82) is 0 Å². The van der Waals surface area contributed by atoms with Gasteiger partial charge in [0.05, 0.1) is 13.1 Å². The van der Waals surface area contributed by atoms with Gasteiger partial charge in [0.25, 0.3) is 0 Å². The fourth-order valence-electron chi connectivity index (χ4n) is 1.69. The summed E-state index contributed by atoms with van der Waals surface area (Å²) < 4.78 is 0. The van der Waals surface area contributed by atoms with Crippen LogP contribution in [0.1, 0.15) is 12.5 Å². The quantitative estimate of drug-likeness (QED) is 0.556. The molecule has 0 atom stereocenters. The fourth-order valence-corrected chi connectivity index (χ4v) is 1.69. The van der Waals surface area contributed by atoms with Crippen LogP contribution < -0.4 is 21.7 Å². The standard InChI is InChI=1S/C12H19N5O2/c1-2-15-6-9-4-3-5-16-12(9)17(7-10(13)18)8-11(14)19/h3-5,15H,2,6-8H2,1H3,(H2,13,18)(H2,14,19). The lowest BCUT2D eigenvalue weighted by atomic mass is 10.2. The number of aromatic nitrogens is 1. The van der Waals surface area contributed by atoms with E-state index in [1.165, 1.54) is 4.90 Å². The molecule has 0 aliphatic rings. The number of rotatable bonds is 8. The largest absolute Gasteiger partial charge is 0.368 e. The van der Waals surface area contributed by atoms with E-state index in [0.29, 0.717) is 12.4 Å². The van der Waals surface area contributed by atoms with Crippen LogP contribution in [-0.2, 0) is 16.1 Å². The van der Waals surface area contributed by atoms with Gasteiger partial charge < -0.3 is 21.7 Å². The van der Waals surface area contributed by atoms with E-state index in [2.05, 4.69) is 10.3 Å². The van der Waals surface area contributed by atoms with E-state index in [9.17, 15) is 9.59 Å². The van der Waals surface area contributed by atoms with E-state index in [4.69, 9.17) is 11.5 Å². The Kier molecular flexibility index (Phi) is 5.74. The highest BCUT2D eigenvalue weighted by Gasteiger charge is 2.16. The topological polar surface area (TPSA) is 114 Å². The number of carbonyl (C=O) groups is 2. The zero-order chi connectivity index (χ0) is 14.3. The Hall–Kier alpha value is -2.15. The Morgan fingerprint density at radius 2 is 1.95 bits per heavy atom. The molecule has 0 saturated carbocycles. The van der Waals surface area contributed by atoms with E-state index in [1.807, 2.05) is 13.0 Å². The van der Waals surface area contributed by atoms with Gasteiger partial charge in [0, 0.05) is 18.3 Å². The fraction of sp³-hybridized carbons (Fsp3) is 0.417. The molecule has 0 aliphatic heterocycles. The van der Waals surface area contributed by atoms with Gasteiger partial charge in [-0.1, -0.05) is 13.0 Å². The number of nitrogens with one attached hydrogen (secondary N) is 1. The molecule has 0 unspecified atom stereocenters. The van der Waals surface area contributed by atoms with Crippen LogP contribution in [0, 0.1) is 0 Å². The maximum atomic E-state index is 11.1. The first-order valence-electron chi connectivity index (χ1n) is 6.00. The van der Waals surface area contributed by atoms with Gasteiger partial charge in [-0.3, -0.25) is 9.59 Å². The smallest absolute Gasteiger partial charge is 0.237 e. The molecule has 0 aliphatic carbocycles. The average molecular weight is 265 g/mol. The van der Waals surface area contributed by atoms with Crippen molar-refractivity contribution in [2.24, 2.45) is 11.5 Å². The number of anilines is 1. The molecule has 1 heterocycles. The highest BCUT2D eigenvalue weighted by atomic mass is 16.2. The van der Waals surface area contributed by atoms with Crippen LogP contribution in [0.4, 0.5) is 5.82 Å². The zero-order valence-corrected chi connectivity index (χ0v) is 10.9. The van der Waals surface area contributed by atoms with E-state index < -0.39 is 11.8 Å². The number of carbonyl (C=O) groups excluding carboxylic acids is 2. The average Bonchev–Trinajstić information content (AvgIpc) is 2.35. The Morgan fingerprint density at radius 1 is 1.32 bits per heavy atom. The molecule has 2 amide bonds. The first-order chi connectivity index (χ1) is 9.04. The lowest BCUT2D eigenvalue weighted by Gasteiger charge is -2.23. The minimum absolute atomic E-state index is 0.0981. The van der Waals surface area contributed by atoms with Crippen LogP contribution >= 0.6 is 0 Å². The molecule has 0 radical (unpaired) electrons. The summed E-state index contributed by atoms with van der Waals surface area (Å²) in [5.41, 5.74) is 11.2. The van der Waals surface area contributed by atoms with Crippen molar-refractivity contribution in [3.8, 4) is 0 Å². The summed E-state index contributed by atoms with van der Waals surface area (Å²) in [4.78, 5) is 27.8. The number of nitrogens with zero attached hydrogens (tertiary/aromatic N) is 2. The van der Waals surface area contributed by atoms with Crippen LogP contribution in [0.3, 0.4) is 0 Å². The number of nitrogens with two attached hydrogens (primary N) is 2. The summed E-state index contributed by atoms with van der Waals surface area (Å²) in [6.07, 6.45) is 1.60. The molecule has 0 saturated heterocycles. The third-order valence-electron chi connectivity index (χ3n) is 2.43. The lowest BCUT2D eigenvalue weighted by Crippen LogP contribution is -2.40. The zero-order valence-electron chi connectivity index (χ0n) is 10.9. The van der Waals surface area contributed by atoms with Crippen molar-refractivity contribution in [2.75, 3.05) is 24.5 Å². The van der Waals surface area contributed by atoms with Crippen molar-refractivity contribution in [3.05, 3.63) is 23.9 Å². The molecular weight excluding hydrogens is 246 g/mol. The van der Waals surface area contributed by atoms with Gasteiger partial charge in [0.1, 0.15) is 5.82 Å². The molecule has 0 aromatic carbocycles. The van der Waals surface area contributed by atoms with E-state index in [0.717, 1.165) is 12.1 Å². The van der Waals surface area contributed by atoms with Crippen molar-refractivity contribution in [2.45, 2.75) is 13.5 Å². The predicted octanol–water partition coefficient (Wildman–Crippen LogP) is -1.03. The molecule has 0 fully saturated rings. The van der Waals surface area contributed by atoms with Gasteiger partial charge in [-0.15, -0.1) is 0 Å². The lowest BCUT2D eigenvalue weighted by molar-refractivity contribution is -0.117. The summed E-state index contributed by atoms with van der Waals surface area (Å²) >= 11 is 0. The minimum Gasteiger partial charge on any atom is -0.368 e. The van der Waals surface area contributed by atoms with Crippen LogP contribution in [-0.4, -0.2) is 36.4 Å². The highest BCUT2D eigenvalue weighted by molar-refractivity contribution is 5.84. The van der Waals surface area contributed by atoms with Gasteiger partial charge >= 0.3 is 0 Å². The monoisotopic (exact) mass is 265 g/mol. The molecule has 0 spiro atoms. The van der Waals surface area contributed by atoms with E-state index in [-0.39, 0.29) is 13.1 Å². The molecule has 5 N–H and O–H groups in total. The normalized spacial score (nSPS) is 10.2. The van der Waals surface area contributed by atoms with Crippen molar-refractivity contribution in [3.63, 3.8) is 0 Å². The number of hydrogen-bond acceptors (Lipinski definition) is 5. The van der Waals surface area contributed by atoms with Crippen molar-refractivity contribution >= 4 is 17.6 Å². The summed E-state index contributed by atoms with van der Waals surface area (Å²) in [5, 5.41) is 3.17. The Morgan fingerprint density at radius 3 is 2.47 bits per heavy atom. The molecule has 1 aromatic heterocycles. The first kappa shape index (κ1) is 14.9. The second-order valence-electron chi connectivity index (χ2n) is 4.06. The van der Waals surface area contributed by atoms with Crippen LogP contribution in [0.5, 0.6) is 0 Å². The number of hydrogen-bond donors (Lipinski definition) is 3. The van der Waals surface area contributed by atoms with Crippen LogP contribution in [0.2, 0.25) is 0 Å². The maximum Gasteiger partial charge on any atom is 0.237 e. The molecule has 104 valence electrons. The van der Waals surface area contributed by atoms with Gasteiger partial charge in [-0.05, 0) is 12.6 Å². The van der Waals surface area contributed by atoms with Gasteiger partial charge in [0.15, 0.2) is 0 Å². The first-order valence-corrected chi connectivity index (χ1v) is 6.00. The van der Waals surface area contributed by atoms with E-state index in [1.54, 1.807) is 12.3 Å². The van der Waals surface area contributed by atoms with Gasteiger partial charge in [0.2, 0.25) is 11.8 Å². The molecule has 7 heteroatoms. The number of primary amides is 2. The highest BCUT2D eigenvalue weighted by Crippen LogP contribution is 2.16. The molecule has 1 aromatic rings. The second kappa shape index (κ2) is 7.32. The summed E-state index contributed by atoms with van der Waals surface area (Å²) in [7, 11) is 0. The summed E-state index contributed by atoms with van der Waals surface area (Å²) in [6, 6.07) is 3.67. The third-order valence-corrected chi connectivity index (χ3v) is 2.43. The molecule has 0 bridgehead atoms. The molecule has 1 rings (SSSR count). The molecule has 7 nitrogen and oxygen atoms in total. The van der Waals surface area contributed by atoms with Crippen molar-refractivity contribution in [1.82, 2.24) is 10.3 Å². The van der Waals surface area contributed by atoms with Crippen LogP contribution in [0.15, 0.2) is 18.3 Å².